The molecule has 39 heavy (non-hydrogen) atoms. The van der Waals surface area contributed by atoms with E-state index >= 15 is 0 Å². The van der Waals surface area contributed by atoms with Gasteiger partial charge in [0.25, 0.3) is 5.91 Å². The van der Waals surface area contributed by atoms with E-state index in [-0.39, 0.29) is 40.5 Å². The monoisotopic (exact) mass is 552 g/mol. The summed E-state index contributed by atoms with van der Waals surface area (Å²) in [4.78, 5) is 12.9. The normalized spacial score (nSPS) is 15.0. The van der Waals surface area contributed by atoms with Crippen molar-refractivity contribution in [2.75, 3.05) is 11.8 Å². The van der Waals surface area contributed by atoms with Gasteiger partial charge in [0.1, 0.15) is 23.0 Å². The number of benzene rings is 3. The van der Waals surface area contributed by atoms with Crippen LogP contribution < -0.4 is 15.5 Å². The highest BCUT2D eigenvalue weighted by atomic mass is 32.2. The van der Waals surface area contributed by atoms with Crippen LogP contribution in [0.15, 0.2) is 52.9 Å². The Morgan fingerprint density at radius 3 is 2.56 bits per heavy atom. The second-order valence-electron chi connectivity index (χ2n) is 9.78. The fourth-order valence-electron chi connectivity index (χ4n) is 5.03. The fraction of sp³-hybridized carbons (Fsp3) is 0.222. The molecule has 12 heteroatoms. The van der Waals surface area contributed by atoms with E-state index in [1.54, 1.807) is 12.1 Å². The number of halogens is 2. The van der Waals surface area contributed by atoms with Gasteiger partial charge in [0.15, 0.2) is 0 Å². The van der Waals surface area contributed by atoms with Gasteiger partial charge in [-0.2, -0.15) is 0 Å². The summed E-state index contributed by atoms with van der Waals surface area (Å²) in [6.45, 7) is -0.0141. The van der Waals surface area contributed by atoms with Crippen LogP contribution in [0.25, 0.3) is 22.3 Å². The minimum Gasteiger partial charge on any atom is -0.455 e. The number of amides is 1. The van der Waals surface area contributed by atoms with Crippen LogP contribution in [0.5, 0.6) is 0 Å². The van der Waals surface area contributed by atoms with E-state index < -0.39 is 40.4 Å². The molecule has 1 fully saturated rings. The van der Waals surface area contributed by atoms with Gasteiger partial charge < -0.3 is 19.4 Å². The van der Waals surface area contributed by atoms with E-state index in [0.717, 1.165) is 24.5 Å². The molecule has 3 N–H and O–H groups in total. The molecule has 0 unspecified atom stereocenters. The Hall–Kier alpha value is -3.74. The average molecular weight is 552 g/mol. The molecule has 0 atom stereocenters. The Labute approximate surface area is 223 Å². The summed E-state index contributed by atoms with van der Waals surface area (Å²) in [7, 11) is -3.87. The standard InChI is InChI=1S/C27H23BF2N2O6S/c1-31-27(33)24-20-10-19(15-2-3-15)22(11-23(20)38-26(24)16-4-6-18(29)7-5-16)32-39(35,36)13-14-8-17-12-37-28(34)25(17)21(30)9-14/h4-11,15,32,34H,2-3,12-13H2,1H3,(H,31,33). The first-order chi connectivity index (χ1) is 18.6. The SMILES string of the molecule is CNC(=O)c1c(-c2ccc(F)cc2)oc2cc(NS(=O)(=O)Cc3cc(F)c4c(c3)COB4O)c(C3CC3)cc12. The predicted molar refractivity (Wildman–Crippen MR) is 142 cm³/mol. The summed E-state index contributed by atoms with van der Waals surface area (Å²) < 4.78 is 68.2. The zero-order valence-electron chi connectivity index (χ0n) is 20.8. The molecule has 4 aromatic rings. The second-order valence-corrected chi connectivity index (χ2v) is 11.5. The maximum Gasteiger partial charge on any atom is 0.494 e. The van der Waals surface area contributed by atoms with E-state index in [4.69, 9.17) is 9.07 Å². The fourth-order valence-corrected chi connectivity index (χ4v) is 6.22. The molecular weight excluding hydrogens is 529 g/mol. The molecule has 0 spiro atoms. The number of sulfonamides is 1. The van der Waals surface area contributed by atoms with E-state index in [9.17, 15) is 27.0 Å². The highest BCUT2D eigenvalue weighted by Gasteiger charge is 2.33. The molecule has 3 aromatic carbocycles. The van der Waals surface area contributed by atoms with Gasteiger partial charge in [-0.05, 0) is 71.8 Å². The molecule has 2 aliphatic rings. The Morgan fingerprint density at radius 2 is 1.87 bits per heavy atom. The van der Waals surface area contributed by atoms with E-state index in [1.165, 1.54) is 37.4 Å². The minimum absolute atomic E-state index is 0.0141. The van der Waals surface area contributed by atoms with Gasteiger partial charge >= 0.3 is 7.12 Å². The first kappa shape index (κ1) is 25.5. The molecule has 1 aliphatic carbocycles. The van der Waals surface area contributed by atoms with Gasteiger partial charge in [0.2, 0.25) is 10.0 Å². The van der Waals surface area contributed by atoms with Crippen molar-refractivity contribution in [2.45, 2.75) is 31.1 Å². The third kappa shape index (κ3) is 4.79. The first-order valence-corrected chi connectivity index (χ1v) is 14.0. The van der Waals surface area contributed by atoms with Crippen molar-refractivity contribution in [2.24, 2.45) is 0 Å². The zero-order valence-corrected chi connectivity index (χ0v) is 21.6. The van der Waals surface area contributed by atoms with Gasteiger partial charge in [-0.25, -0.2) is 17.2 Å². The lowest BCUT2D eigenvalue weighted by Crippen LogP contribution is -2.31. The molecule has 200 valence electrons. The Balaban J connectivity index is 1.40. The van der Waals surface area contributed by atoms with E-state index in [0.29, 0.717) is 22.2 Å². The number of carbonyl (C=O) groups excluding carboxylic acids is 1. The number of rotatable bonds is 7. The zero-order chi connectivity index (χ0) is 27.5. The average Bonchev–Trinajstić information content (AvgIpc) is 3.56. The van der Waals surface area contributed by atoms with Crippen LogP contribution in [0.2, 0.25) is 0 Å². The largest absolute Gasteiger partial charge is 0.494 e. The molecule has 0 saturated heterocycles. The minimum atomic E-state index is -4.00. The summed E-state index contributed by atoms with van der Waals surface area (Å²) >= 11 is 0. The van der Waals surface area contributed by atoms with Crippen molar-refractivity contribution in [3.63, 3.8) is 0 Å². The number of anilines is 1. The number of hydrogen-bond acceptors (Lipinski definition) is 6. The van der Waals surface area contributed by atoms with Crippen molar-refractivity contribution in [1.29, 1.82) is 0 Å². The van der Waals surface area contributed by atoms with Crippen molar-refractivity contribution >= 4 is 45.2 Å². The number of furan rings is 1. The Kier molecular flexibility index (Phi) is 6.20. The van der Waals surface area contributed by atoms with Crippen molar-refractivity contribution < 1.29 is 36.1 Å². The molecule has 0 bridgehead atoms. The predicted octanol–water partition coefficient (Wildman–Crippen LogP) is 3.77. The van der Waals surface area contributed by atoms with Crippen LogP contribution in [0.3, 0.4) is 0 Å². The molecular formula is C27H23BF2N2O6S. The summed E-state index contributed by atoms with van der Waals surface area (Å²) in [6.07, 6.45) is 1.72. The van der Waals surface area contributed by atoms with Crippen LogP contribution in [0.1, 0.15) is 45.8 Å². The highest BCUT2D eigenvalue weighted by Crippen LogP contribution is 2.47. The lowest BCUT2D eigenvalue weighted by Gasteiger charge is -2.14. The topological polar surface area (TPSA) is 118 Å². The Morgan fingerprint density at radius 1 is 1.13 bits per heavy atom. The smallest absolute Gasteiger partial charge is 0.455 e. The van der Waals surface area contributed by atoms with Crippen LogP contribution >= 0.6 is 0 Å². The molecule has 0 radical (unpaired) electrons. The molecule has 2 heterocycles. The summed E-state index contributed by atoms with van der Waals surface area (Å²) in [5.74, 6) is -1.72. The van der Waals surface area contributed by atoms with Crippen molar-refractivity contribution in [3.05, 3.63) is 82.4 Å². The number of carbonyl (C=O) groups is 1. The summed E-state index contributed by atoms with van der Waals surface area (Å²) in [5.41, 5.74) is 2.72. The van der Waals surface area contributed by atoms with Gasteiger partial charge in [-0.3, -0.25) is 9.52 Å². The third-order valence-electron chi connectivity index (χ3n) is 6.98. The molecule has 1 amide bonds. The maximum absolute atomic E-state index is 14.5. The van der Waals surface area contributed by atoms with Gasteiger partial charge in [-0.15, -0.1) is 0 Å². The lowest BCUT2D eigenvalue weighted by atomic mass is 9.78. The Bertz CT molecular complexity index is 1740. The van der Waals surface area contributed by atoms with Crippen molar-refractivity contribution in [3.8, 4) is 11.3 Å². The maximum atomic E-state index is 14.5. The van der Waals surface area contributed by atoms with E-state index in [2.05, 4.69) is 10.0 Å². The quantitative estimate of drug-likeness (QED) is 0.301. The molecule has 1 aromatic heterocycles. The van der Waals surface area contributed by atoms with Gasteiger partial charge in [0, 0.05) is 29.5 Å². The van der Waals surface area contributed by atoms with Crippen molar-refractivity contribution in [1.82, 2.24) is 5.32 Å². The van der Waals surface area contributed by atoms with Crippen LogP contribution in [-0.4, -0.2) is 33.5 Å². The first-order valence-electron chi connectivity index (χ1n) is 12.3. The molecule has 6 rings (SSSR count). The lowest BCUT2D eigenvalue weighted by molar-refractivity contribution is 0.0964. The van der Waals surface area contributed by atoms with Crippen LogP contribution in [-0.2, 0) is 27.0 Å². The van der Waals surface area contributed by atoms with E-state index in [1.807, 2.05) is 0 Å². The molecule has 8 nitrogen and oxygen atoms in total. The third-order valence-corrected chi connectivity index (χ3v) is 8.22. The number of fused-ring (bicyclic) bond motifs is 2. The van der Waals surface area contributed by atoms with Crippen LogP contribution in [0, 0.1) is 11.6 Å². The highest BCUT2D eigenvalue weighted by molar-refractivity contribution is 7.91. The second kappa shape index (κ2) is 9.47. The number of hydrogen-bond donors (Lipinski definition) is 3. The van der Waals surface area contributed by atoms with Gasteiger partial charge in [-0.1, -0.05) is 6.07 Å². The summed E-state index contributed by atoms with van der Waals surface area (Å²) in [6, 6.07) is 11.4. The summed E-state index contributed by atoms with van der Waals surface area (Å²) in [5, 5.41) is 12.9. The number of nitrogens with one attached hydrogen (secondary N) is 2. The molecule has 1 saturated carbocycles. The molecule has 1 aliphatic heterocycles. The van der Waals surface area contributed by atoms with Crippen LogP contribution in [0.4, 0.5) is 14.5 Å². The van der Waals surface area contributed by atoms with Gasteiger partial charge in [0.05, 0.1) is 23.6 Å².